The monoisotopic (exact) mass is 408 g/mol. The fourth-order valence-electron chi connectivity index (χ4n) is 5.15. The van der Waals surface area contributed by atoms with Crippen molar-refractivity contribution in [2.75, 3.05) is 0 Å². The molecule has 4 rings (SSSR count). The molecule has 0 amide bonds. The largest absolute Gasteiger partial charge is 0.176 e. The van der Waals surface area contributed by atoms with E-state index in [4.69, 9.17) is 0 Å². The van der Waals surface area contributed by atoms with Crippen LogP contribution in [-0.2, 0) is 0 Å². The Morgan fingerprint density at radius 3 is 1.63 bits per heavy atom. The molecule has 0 nitrogen and oxygen atoms in total. The molecule has 1 heteroatoms. The van der Waals surface area contributed by atoms with Crippen LogP contribution in [0.3, 0.4) is 0 Å². The van der Waals surface area contributed by atoms with E-state index in [9.17, 15) is 0 Å². The van der Waals surface area contributed by atoms with Gasteiger partial charge in [-0.1, -0.05) is 128 Å². The van der Waals surface area contributed by atoms with Crippen molar-refractivity contribution >= 4 is 23.6 Å². The van der Waals surface area contributed by atoms with Gasteiger partial charge in [-0.15, -0.1) is 0 Å². The van der Waals surface area contributed by atoms with Crippen molar-refractivity contribution in [3.8, 4) is 0 Å². The van der Waals surface area contributed by atoms with Crippen molar-refractivity contribution < 1.29 is 0 Å². The van der Waals surface area contributed by atoms with Gasteiger partial charge in [0.15, 0.2) is 8.07 Å². The summed E-state index contributed by atoms with van der Waals surface area (Å²) in [4.78, 5) is 0. The molecule has 1 aliphatic rings. The van der Waals surface area contributed by atoms with Crippen LogP contribution >= 0.6 is 0 Å². The molecule has 0 atom stereocenters. The second-order valence-corrected chi connectivity index (χ2v) is 13.4. The van der Waals surface area contributed by atoms with Crippen molar-refractivity contribution in [1.82, 2.24) is 0 Å². The molecule has 3 aromatic rings. The fraction of sp³-hybridized carbons (Fsp3) is 0.241. The fourth-order valence-corrected chi connectivity index (χ4v) is 10.8. The molecule has 0 heterocycles. The lowest BCUT2D eigenvalue weighted by atomic mass is 9.87. The summed E-state index contributed by atoms with van der Waals surface area (Å²) in [7, 11) is -2.41. The molecule has 3 aromatic carbocycles. The lowest BCUT2D eigenvalue weighted by molar-refractivity contribution is 0.516. The number of aryl methyl sites for hydroxylation is 2. The maximum atomic E-state index is 2.45. The highest BCUT2D eigenvalue weighted by molar-refractivity contribution is 7.16. The van der Waals surface area contributed by atoms with Crippen LogP contribution in [0.15, 0.2) is 102 Å². The van der Waals surface area contributed by atoms with Gasteiger partial charge in [0.1, 0.15) is 0 Å². The third kappa shape index (κ3) is 3.52. The Morgan fingerprint density at radius 2 is 1.17 bits per heavy atom. The van der Waals surface area contributed by atoms with Gasteiger partial charge >= 0.3 is 0 Å². The van der Waals surface area contributed by atoms with Crippen molar-refractivity contribution in [3.05, 3.63) is 113 Å². The van der Waals surface area contributed by atoms with E-state index in [2.05, 4.69) is 126 Å². The highest BCUT2D eigenvalue weighted by atomic mass is 28.3. The predicted molar refractivity (Wildman–Crippen MR) is 134 cm³/mol. The lowest BCUT2D eigenvalue weighted by Gasteiger charge is -2.38. The van der Waals surface area contributed by atoms with Gasteiger partial charge in [-0.2, -0.15) is 0 Å². The molecule has 0 radical (unpaired) electrons. The predicted octanol–water partition coefficient (Wildman–Crippen LogP) is 5.62. The third-order valence-electron chi connectivity index (χ3n) is 6.26. The summed E-state index contributed by atoms with van der Waals surface area (Å²) in [5.74, 6) is 0. The van der Waals surface area contributed by atoms with Crippen LogP contribution in [0.1, 0.15) is 38.3 Å². The second-order valence-electron chi connectivity index (χ2n) is 9.61. The Hall–Kier alpha value is -2.64. The maximum absolute atomic E-state index is 2.45. The first-order valence-corrected chi connectivity index (χ1v) is 12.9. The maximum Gasteiger partial charge on any atom is 0.176 e. The summed E-state index contributed by atoms with van der Waals surface area (Å²) in [6.45, 7) is 11.5. The molecular formula is C29H32Si. The van der Waals surface area contributed by atoms with Gasteiger partial charge < -0.3 is 0 Å². The Kier molecular flexibility index (Phi) is 5.42. The van der Waals surface area contributed by atoms with Crippen LogP contribution in [0.25, 0.3) is 0 Å². The van der Waals surface area contributed by atoms with E-state index in [1.165, 1.54) is 32.3 Å². The molecule has 0 unspecified atom stereocenters. The normalized spacial score (nSPS) is 14.4. The van der Waals surface area contributed by atoms with Crippen molar-refractivity contribution in [3.63, 3.8) is 0 Å². The smallest absolute Gasteiger partial charge is 0.0805 e. The van der Waals surface area contributed by atoms with Crippen molar-refractivity contribution in [1.29, 1.82) is 0 Å². The van der Waals surface area contributed by atoms with Gasteiger partial charge in [0.05, 0.1) is 0 Å². The minimum Gasteiger partial charge on any atom is -0.0805 e. The van der Waals surface area contributed by atoms with Gasteiger partial charge in [-0.3, -0.25) is 0 Å². The Bertz CT molecular complexity index is 1040. The average Bonchev–Trinajstić information content (AvgIpc) is 3.20. The van der Waals surface area contributed by atoms with Gasteiger partial charge in [0, 0.05) is 0 Å². The van der Waals surface area contributed by atoms with E-state index in [-0.39, 0.29) is 5.41 Å². The summed E-state index contributed by atoms with van der Waals surface area (Å²) in [5, 5.41) is 6.08. The minimum absolute atomic E-state index is 0.114. The highest BCUT2D eigenvalue weighted by Crippen LogP contribution is 2.38. The third-order valence-corrected chi connectivity index (χ3v) is 11.2. The molecule has 0 saturated heterocycles. The molecule has 0 spiro atoms. The van der Waals surface area contributed by atoms with Crippen LogP contribution in [-0.4, -0.2) is 8.07 Å². The van der Waals surface area contributed by atoms with Gasteiger partial charge in [0.2, 0.25) is 0 Å². The molecule has 0 bridgehead atoms. The lowest BCUT2D eigenvalue weighted by Crippen LogP contribution is -2.69. The molecule has 0 aliphatic heterocycles. The van der Waals surface area contributed by atoms with Crippen molar-refractivity contribution in [2.24, 2.45) is 5.41 Å². The Labute approximate surface area is 183 Å². The topological polar surface area (TPSA) is 0 Å². The first-order chi connectivity index (χ1) is 14.3. The standard InChI is InChI=1S/C29H32Si/c1-22-19-23(2)21-26(20-22)30(24-13-8-6-9-14-24,25-15-10-7-11-16-25)28-18-12-17-27(28)29(3,4)5/h6-17,19-21H,18H2,1-5H3. The summed E-state index contributed by atoms with van der Waals surface area (Å²) < 4.78 is 0. The van der Waals surface area contributed by atoms with E-state index in [1.807, 2.05) is 0 Å². The van der Waals surface area contributed by atoms with E-state index < -0.39 is 8.07 Å². The number of benzene rings is 3. The molecule has 0 aromatic heterocycles. The molecule has 0 fully saturated rings. The van der Waals surface area contributed by atoms with E-state index in [0.29, 0.717) is 0 Å². The van der Waals surface area contributed by atoms with Crippen molar-refractivity contribution in [2.45, 2.75) is 41.0 Å². The minimum atomic E-state index is -2.41. The van der Waals surface area contributed by atoms with Crippen LogP contribution in [0, 0.1) is 19.3 Å². The first-order valence-electron chi connectivity index (χ1n) is 10.9. The van der Waals surface area contributed by atoms with E-state index in [1.54, 1.807) is 5.20 Å². The SMILES string of the molecule is Cc1cc(C)cc([Si](C2=C(C(C)(C)C)C=CC2)(c2ccccc2)c2ccccc2)c1. The van der Waals surface area contributed by atoms with Crippen LogP contribution in [0.4, 0.5) is 0 Å². The number of hydrogen-bond acceptors (Lipinski definition) is 0. The molecular weight excluding hydrogens is 376 g/mol. The summed E-state index contributed by atoms with van der Waals surface area (Å²) >= 11 is 0. The Morgan fingerprint density at radius 1 is 0.667 bits per heavy atom. The average molecular weight is 409 g/mol. The Balaban J connectivity index is 2.19. The van der Waals surface area contributed by atoms with Crippen LogP contribution in [0.2, 0.25) is 0 Å². The summed E-state index contributed by atoms with van der Waals surface area (Å²) in [6.07, 6.45) is 5.81. The van der Waals surface area contributed by atoms with Crippen LogP contribution in [0.5, 0.6) is 0 Å². The van der Waals surface area contributed by atoms with Gasteiger partial charge in [-0.25, -0.2) is 0 Å². The molecule has 0 N–H and O–H groups in total. The zero-order chi connectivity index (χ0) is 21.4. The first kappa shape index (κ1) is 20.6. The molecule has 30 heavy (non-hydrogen) atoms. The molecule has 0 saturated carbocycles. The zero-order valence-electron chi connectivity index (χ0n) is 18.9. The number of allylic oxidation sites excluding steroid dienone is 4. The summed E-state index contributed by atoms with van der Waals surface area (Å²) in [5.41, 5.74) is 4.32. The molecule has 152 valence electrons. The van der Waals surface area contributed by atoms with E-state index >= 15 is 0 Å². The second kappa shape index (κ2) is 7.89. The van der Waals surface area contributed by atoms with E-state index in [0.717, 1.165) is 6.42 Å². The highest BCUT2D eigenvalue weighted by Gasteiger charge is 2.45. The van der Waals surface area contributed by atoms with Gasteiger partial charge in [-0.05, 0) is 46.8 Å². The zero-order valence-corrected chi connectivity index (χ0v) is 19.9. The van der Waals surface area contributed by atoms with Crippen LogP contribution < -0.4 is 15.6 Å². The van der Waals surface area contributed by atoms with Gasteiger partial charge in [0.25, 0.3) is 0 Å². The number of rotatable bonds is 4. The quantitative estimate of drug-likeness (QED) is 0.388. The summed E-state index contributed by atoms with van der Waals surface area (Å²) in [6, 6.07) is 29.8. The molecule has 1 aliphatic carbocycles. The number of hydrogen-bond donors (Lipinski definition) is 0.